The van der Waals surface area contributed by atoms with Crippen LogP contribution in [-0.2, 0) is 11.3 Å². The Morgan fingerprint density at radius 1 is 1.32 bits per heavy atom. The molecule has 2 rings (SSSR count). The first-order valence-electron chi connectivity index (χ1n) is 7.43. The molecule has 0 aromatic carbocycles. The van der Waals surface area contributed by atoms with Crippen molar-refractivity contribution in [2.75, 3.05) is 6.61 Å². The summed E-state index contributed by atoms with van der Waals surface area (Å²) in [5.74, 6) is 0.626. The van der Waals surface area contributed by atoms with Gasteiger partial charge in [0, 0.05) is 25.5 Å². The second-order valence-corrected chi connectivity index (χ2v) is 5.21. The summed E-state index contributed by atoms with van der Waals surface area (Å²) in [6, 6.07) is 0. The Kier molecular flexibility index (Phi) is 4.75. The maximum Gasteiger partial charge on any atom is 0.229 e. The standard InChI is InChI=1S/C15H24N2O2/c1-3-17-12-11-16-14(17)13(18)15(19-4-2)9-7-5-6-8-10-15/h11-12H,3-10H2,1-2H3. The number of carbonyl (C=O) groups excluding carboxylic acids is 1. The second-order valence-electron chi connectivity index (χ2n) is 5.21. The summed E-state index contributed by atoms with van der Waals surface area (Å²) in [5.41, 5.74) is -0.635. The molecule has 0 unspecified atom stereocenters. The van der Waals surface area contributed by atoms with E-state index < -0.39 is 5.60 Å². The minimum Gasteiger partial charge on any atom is -0.367 e. The first kappa shape index (κ1) is 14.3. The largest absolute Gasteiger partial charge is 0.367 e. The topological polar surface area (TPSA) is 44.1 Å². The quantitative estimate of drug-likeness (QED) is 0.606. The molecule has 19 heavy (non-hydrogen) atoms. The van der Waals surface area contributed by atoms with Crippen molar-refractivity contribution >= 4 is 5.78 Å². The van der Waals surface area contributed by atoms with Crippen molar-refractivity contribution < 1.29 is 9.53 Å². The maximum absolute atomic E-state index is 12.9. The van der Waals surface area contributed by atoms with Gasteiger partial charge in [-0.2, -0.15) is 0 Å². The fourth-order valence-electron chi connectivity index (χ4n) is 2.99. The molecule has 1 aromatic rings. The molecule has 0 atom stereocenters. The van der Waals surface area contributed by atoms with E-state index in [1.807, 2.05) is 24.6 Å². The van der Waals surface area contributed by atoms with Crippen LogP contribution < -0.4 is 0 Å². The van der Waals surface area contributed by atoms with Gasteiger partial charge >= 0.3 is 0 Å². The normalized spacial score (nSPS) is 19.1. The summed E-state index contributed by atoms with van der Waals surface area (Å²) in [4.78, 5) is 17.2. The van der Waals surface area contributed by atoms with Gasteiger partial charge in [0.05, 0.1) is 0 Å². The third kappa shape index (κ3) is 2.89. The molecule has 4 heteroatoms. The number of Topliss-reactive ketones (excluding diaryl/α,β-unsaturated/α-hetero) is 1. The minimum atomic E-state index is -0.635. The van der Waals surface area contributed by atoms with Gasteiger partial charge in [0.1, 0.15) is 5.60 Å². The number of imidazole rings is 1. The Labute approximate surface area is 115 Å². The highest BCUT2D eigenvalue weighted by molar-refractivity contribution is 5.99. The van der Waals surface area contributed by atoms with Crippen molar-refractivity contribution in [1.29, 1.82) is 0 Å². The van der Waals surface area contributed by atoms with Crippen LogP contribution in [0.15, 0.2) is 12.4 Å². The van der Waals surface area contributed by atoms with E-state index in [9.17, 15) is 4.79 Å². The fourth-order valence-corrected chi connectivity index (χ4v) is 2.99. The molecule has 0 aliphatic heterocycles. The molecular weight excluding hydrogens is 240 g/mol. The van der Waals surface area contributed by atoms with E-state index in [0.29, 0.717) is 12.4 Å². The van der Waals surface area contributed by atoms with Gasteiger partial charge in [-0.15, -0.1) is 0 Å². The van der Waals surface area contributed by atoms with Gasteiger partial charge in [0.2, 0.25) is 5.78 Å². The van der Waals surface area contributed by atoms with Crippen LogP contribution >= 0.6 is 0 Å². The highest BCUT2D eigenvalue weighted by atomic mass is 16.5. The van der Waals surface area contributed by atoms with E-state index >= 15 is 0 Å². The van der Waals surface area contributed by atoms with Gasteiger partial charge in [0.15, 0.2) is 5.82 Å². The lowest BCUT2D eigenvalue weighted by atomic mass is 9.88. The summed E-state index contributed by atoms with van der Waals surface area (Å²) >= 11 is 0. The molecule has 1 saturated carbocycles. The molecule has 106 valence electrons. The number of carbonyl (C=O) groups is 1. The molecule has 1 aliphatic carbocycles. The maximum atomic E-state index is 12.9. The average Bonchev–Trinajstić information content (AvgIpc) is 2.77. The van der Waals surface area contributed by atoms with Crippen molar-refractivity contribution in [2.24, 2.45) is 0 Å². The lowest BCUT2D eigenvalue weighted by Crippen LogP contribution is -2.42. The van der Waals surface area contributed by atoms with Crippen molar-refractivity contribution in [3.63, 3.8) is 0 Å². The van der Waals surface area contributed by atoms with Gasteiger partial charge in [-0.1, -0.05) is 25.7 Å². The summed E-state index contributed by atoms with van der Waals surface area (Å²) < 4.78 is 7.84. The van der Waals surface area contributed by atoms with E-state index in [-0.39, 0.29) is 5.78 Å². The number of aromatic nitrogens is 2. The predicted molar refractivity (Wildman–Crippen MR) is 74.3 cm³/mol. The van der Waals surface area contributed by atoms with Crippen LogP contribution in [0.4, 0.5) is 0 Å². The first-order valence-corrected chi connectivity index (χ1v) is 7.43. The molecule has 0 saturated heterocycles. The van der Waals surface area contributed by atoms with Gasteiger partial charge in [-0.25, -0.2) is 4.98 Å². The Balaban J connectivity index is 2.29. The van der Waals surface area contributed by atoms with E-state index in [1.54, 1.807) is 6.20 Å². The number of ketones is 1. The number of aryl methyl sites for hydroxylation is 1. The van der Waals surface area contributed by atoms with Gasteiger partial charge < -0.3 is 9.30 Å². The zero-order valence-electron chi connectivity index (χ0n) is 12.0. The molecule has 4 nitrogen and oxygen atoms in total. The summed E-state index contributed by atoms with van der Waals surface area (Å²) in [6.45, 7) is 5.34. The third-order valence-electron chi connectivity index (χ3n) is 4.00. The smallest absolute Gasteiger partial charge is 0.229 e. The van der Waals surface area contributed by atoms with Crippen molar-refractivity contribution in [2.45, 2.75) is 64.5 Å². The minimum absolute atomic E-state index is 0.0723. The van der Waals surface area contributed by atoms with Gasteiger partial charge in [0.25, 0.3) is 0 Å². The number of rotatable bonds is 5. The molecule has 0 amide bonds. The summed E-state index contributed by atoms with van der Waals surface area (Å²) in [6.07, 6.45) is 9.76. The molecule has 0 N–H and O–H groups in total. The SMILES string of the molecule is CCOC1(C(=O)c2nccn2CC)CCCCCC1. The number of hydrogen-bond acceptors (Lipinski definition) is 3. The van der Waals surface area contributed by atoms with Crippen molar-refractivity contribution in [1.82, 2.24) is 9.55 Å². The van der Waals surface area contributed by atoms with E-state index in [2.05, 4.69) is 4.98 Å². The molecule has 1 aromatic heterocycles. The Morgan fingerprint density at radius 2 is 2.00 bits per heavy atom. The highest BCUT2D eigenvalue weighted by Crippen LogP contribution is 2.33. The van der Waals surface area contributed by atoms with Crippen LogP contribution in [0.1, 0.15) is 63.0 Å². The lowest BCUT2D eigenvalue weighted by molar-refractivity contribution is -0.0301. The number of hydrogen-bond donors (Lipinski definition) is 0. The van der Waals surface area contributed by atoms with Crippen LogP contribution in [0.25, 0.3) is 0 Å². The summed E-state index contributed by atoms with van der Waals surface area (Å²) in [7, 11) is 0. The molecule has 0 radical (unpaired) electrons. The zero-order chi connectivity index (χ0) is 13.7. The monoisotopic (exact) mass is 264 g/mol. The van der Waals surface area contributed by atoms with E-state index in [4.69, 9.17) is 4.74 Å². The van der Waals surface area contributed by atoms with Crippen LogP contribution in [-0.4, -0.2) is 27.5 Å². The highest BCUT2D eigenvalue weighted by Gasteiger charge is 2.41. The number of nitrogens with zero attached hydrogens (tertiary/aromatic N) is 2. The van der Waals surface area contributed by atoms with Crippen LogP contribution in [0.3, 0.4) is 0 Å². The fraction of sp³-hybridized carbons (Fsp3) is 0.733. The Morgan fingerprint density at radius 3 is 2.58 bits per heavy atom. The predicted octanol–water partition coefficient (Wildman–Crippen LogP) is 3.22. The lowest BCUT2D eigenvalue weighted by Gasteiger charge is -2.30. The van der Waals surface area contributed by atoms with Gasteiger partial charge in [-0.3, -0.25) is 4.79 Å². The van der Waals surface area contributed by atoms with Gasteiger partial charge in [-0.05, 0) is 26.7 Å². The molecular formula is C15H24N2O2. The molecule has 1 aliphatic rings. The van der Waals surface area contributed by atoms with Crippen molar-refractivity contribution in [3.8, 4) is 0 Å². The number of ether oxygens (including phenoxy) is 1. The third-order valence-corrected chi connectivity index (χ3v) is 4.00. The molecule has 1 heterocycles. The van der Waals surface area contributed by atoms with Crippen LogP contribution in [0.5, 0.6) is 0 Å². The van der Waals surface area contributed by atoms with E-state index in [0.717, 1.165) is 32.2 Å². The van der Waals surface area contributed by atoms with Crippen molar-refractivity contribution in [3.05, 3.63) is 18.2 Å². The van der Waals surface area contributed by atoms with Crippen LogP contribution in [0.2, 0.25) is 0 Å². The Hall–Kier alpha value is -1.16. The second kappa shape index (κ2) is 6.33. The van der Waals surface area contributed by atoms with E-state index in [1.165, 1.54) is 12.8 Å². The van der Waals surface area contributed by atoms with Crippen LogP contribution in [0, 0.1) is 0 Å². The Bertz CT molecular complexity index is 418. The molecule has 0 bridgehead atoms. The zero-order valence-corrected chi connectivity index (χ0v) is 12.0. The molecule has 1 fully saturated rings. The molecule has 0 spiro atoms. The first-order chi connectivity index (χ1) is 9.23. The average molecular weight is 264 g/mol. The summed E-state index contributed by atoms with van der Waals surface area (Å²) in [5, 5.41) is 0.